The summed E-state index contributed by atoms with van der Waals surface area (Å²) in [7, 11) is 1.49. The zero-order chi connectivity index (χ0) is 8.43. The molecule has 1 rings (SSSR count). The number of nitrogens with one attached hydrogen (secondary N) is 1. The van der Waals surface area contributed by atoms with Crippen LogP contribution in [0.25, 0.3) is 0 Å². The molecule has 0 spiro atoms. The van der Waals surface area contributed by atoms with Gasteiger partial charge in [-0.3, -0.25) is 0 Å². The van der Waals surface area contributed by atoms with Gasteiger partial charge in [0.1, 0.15) is 5.69 Å². The van der Waals surface area contributed by atoms with E-state index in [0.717, 1.165) is 5.56 Å². The maximum Gasteiger partial charge on any atom is 0.352 e. The van der Waals surface area contributed by atoms with Crippen LogP contribution in [0.2, 0.25) is 0 Å². The van der Waals surface area contributed by atoms with Crippen molar-refractivity contribution < 1.29 is 14.6 Å². The number of aryl methyl sites for hydroxylation is 1. The maximum atomic E-state index is 10.4. The second kappa shape index (κ2) is 2.65. The molecule has 1 aromatic rings. The summed E-state index contributed by atoms with van der Waals surface area (Å²) in [6, 6.07) is 1.53. The molecule has 2 N–H and O–H groups in total. The third-order valence-electron chi connectivity index (χ3n) is 1.40. The van der Waals surface area contributed by atoms with Crippen molar-refractivity contribution in [1.82, 2.24) is 4.98 Å². The van der Waals surface area contributed by atoms with Gasteiger partial charge in [0.25, 0.3) is 0 Å². The molecule has 0 aromatic carbocycles. The molecule has 1 heterocycles. The molecule has 0 aliphatic rings. The lowest BCUT2D eigenvalue weighted by molar-refractivity contribution is 0.0690. The molecule has 60 valence electrons. The fourth-order valence-corrected chi connectivity index (χ4v) is 0.866. The van der Waals surface area contributed by atoms with Crippen LogP contribution < -0.4 is 4.74 Å². The van der Waals surface area contributed by atoms with E-state index in [4.69, 9.17) is 9.84 Å². The molecule has 0 saturated heterocycles. The van der Waals surface area contributed by atoms with Crippen LogP contribution in [0.4, 0.5) is 0 Å². The highest BCUT2D eigenvalue weighted by atomic mass is 16.5. The topological polar surface area (TPSA) is 62.3 Å². The minimum atomic E-state index is -0.976. The van der Waals surface area contributed by atoms with Gasteiger partial charge in [-0.25, -0.2) is 4.79 Å². The number of hydrogen-bond acceptors (Lipinski definition) is 2. The summed E-state index contributed by atoms with van der Waals surface area (Å²) in [5.74, 6) is -0.473. The van der Waals surface area contributed by atoms with Crippen LogP contribution >= 0.6 is 0 Å². The molecule has 0 saturated carbocycles. The van der Waals surface area contributed by atoms with Gasteiger partial charge in [0.15, 0.2) is 5.88 Å². The quantitative estimate of drug-likeness (QED) is 0.670. The van der Waals surface area contributed by atoms with Crippen LogP contribution in [-0.4, -0.2) is 23.2 Å². The number of rotatable bonds is 2. The molecular formula is C7H9NO3. The van der Waals surface area contributed by atoms with Gasteiger partial charge in [-0.15, -0.1) is 0 Å². The predicted octanol–water partition coefficient (Wildman–Crippen LogP) is 1.03. The molecule has 4 nitrogen and oxygen atoms in total. The van der Waals surface area contributed by atoms with Gasteiger partial charge in [-0.05, 0) is 13.0 Å². The lowest BCUT2D eigenvalue weighted by Crippen LogP contribution is -1.95. The Morgan fingerprint density at radius 1 is 1.73 bits per heavy atom. The smallest absolute Gasteiger partial charge is 0.352 e. The van der Waals surface area contributed by atoms with Crippen molar-refractivity contribution in [2.45, 2.75) is 6.92 Å². The van der Waals surface area contributed by atoms with Crippen molar-refractivity contribution in [3.8, 4) is 5.88 Å². The van der Waals surface area contributed by atoms with E-state index in [9.17, 15) is 4.79 Å². The molecule has 11 heavy (non-hydrogen) atoms. The number of aromatic amines is 1. The Hall–Kier alpha value is -1.45. The average Bonchev–Trinajstić information content (AvgIpc) is 2.31. The van der Waals surface area contributed by atoms with E-state index in [2.05, 4.69) is 4.98 Å². The fraction of sp³-hybridized carbons (Fsp3) is 0.286. The molecule has 1 aromatic heterocycles. The Kier molecular flexibility index (Phi) is 1.85. The van der Waals surface area contributed by atoms with E-state index in [1.165, 1.54) is 13.2 Å². The molecular weight excluding hydrogens is 146 g/mol. The number of hydrogen-bond donors (Lipinski definition) is 2. The van der Waals surface area contributed by atoms with Crippen LogP contribution in [0.3, 0.4) is 0 Å². The van der Waals surface area contributed by atoms with Gasteiger partial charge in [-0.2, -0.15) is 0 Å². The molecule has 0 bridgehead atoms. The summed E-state index contributed by atoms with van der Waals surface area (Å²) in [5, 5.41) is 8.53. The van der Waals surface area contributed by atoms with Crippen LogP contribution in [0.15, 0.2) is 6.07 Å². The SMILES string of the molecule is COc1[nH]c(C(=O)O)cc1C. The first-order valence-electron chi connectivity index (χ1n) is 3.12. The minimum Gasteiger partial charge on any atom is -0.482 e. The van der Waals surface area contributed by atoms with E-state index < -0.39 is 5.97 Å². The second-order valence-electron chi connectivity index (χ2n) is 2.20. The maximum absolute atomic E-state index is 10.4. The van der Waals surface area contributed by atoms with Gasteiger partial charge >= 0.3 is 5.97 Å². The lowest BCUT2D eigenvalue weighted by Gasteiger charge is -1.93. The molecule has 0 unspecified atom stereocenters. The summed E-state index contributed by atoms with van der Waals surface area (Å²) in [4.78, 5) is 13.0. The number of H-pyrrole nitrogens is 1. The highest BCUT2D eigenvalue weighted by molar-refractivity contribution is 5.86. The monoisotopic (exact) mass is 155 g/mol. The van der Waals surface area contributed by atoms with Gasteiger partial charge in [-0.1, -0.05) is 0 Å². The highest BCUT2D eigenvalue weighted by Crippen LogP contribution is 2.16. The van der Waals surface area contributed by atoms with Crippen molar-refractivity contribution in [3.05, 3.63) is 17.3 Å². The molecule has 0 fully saturated rings. The van der Waals surface area contributed by atoms with Gasteiger partial charge in [0, 0.05) is 5.56 Å². The normalized spacial score (nSPS) is 9.64. The number of carbonyl (C=O) groups is 1. The Labute approximate surface area is 63.8 Å². The molecule has 0 radical (unpaired) electrons. The summed E-state index contributed by atoms with van der Waals surface area (Å²) in [6.07, 6.45) is 0. The molecule has 4 heteroatoms. The lowest BCUT2D eigenvalue weighted by atomic mass is 10.3. The molecule has 0 aliphatic carbocycles. The molecule has 0 atom stereocenters. The second-order valence-corrected chi connectivity index (χ2v) is 2.20. The highest BCUT2D eigenvalue weighted by Gasteiger charge is 2.08. The first-order valence-corrected chi connectivity index (χ1v) is 3.12. The van der Waals surface area contributed by atoms with Crippen LogP contribution in [-0.2, 0) is 0 Å². The first kappa shape index (κ1) is 7.65. The van der Waals surface area contributed by atoms with Crippen molar-refractivity contribution in [2.24, 2.45) is 0 Å². The Balaban J connectivity index is 3.05. The van der Waals surface area contributed by atoms with E-state index in [0.29, 0.717) is 5.88 Å². The van der Waals surface area contributed by atoms with Crippen LogP contribution in [0, 0.1) is 6.92 Å². The summed E-state index contributed by atoms with van der Waals surface area (Å²) >= 11 is 0. The largest absolute Gasteiger partial charge is 0.482 e. The number of ether oxygens (including phenoxy) is 1. The number of aromatic carboxylic acids is 1. The summed E-state index contributed by atoms with van der Waals surface area (Å²) in [6.45, 7) is 1.78. The zero-order valence-electron chi connectivity index (χ0n) is 6.34. The Morgan fingerprint density at radius 2 is 2.36 bits per heavy atom. The standard InChI is InChI=1S/C7H9NO3/c1-4-3-5(7(9)10)8-6(4)11-2/h3,8H,1-2H3,(H,9,10). The van der Waals surface area contributed by atoms with Crippen LogP contribution in [0.5, 0.6) is 5.88 Å². The zero-order valence-corrected chi connectivity index (χ0v) is 6.34. The van der Waals surface area contributed by atoms with E-state index in [-0.39, 0.29) is 5.69 Å². The number of carboxylic acid groups (broad SMARTS) is 1. The van der Waals surface area contributed by atoms with Gasteiger partial charge in [0.05, 0.1) is 7.11 Å². The van der Waals surface area contributed by atoms with E-state index in [1.54, 1.807) is 6.92 Å². The van der Waals surface area contributed by atoms with Crippen molar-refractivity contribution in [2.75, 3.05) is 7.11 Å². The van der Waals surface area contributed by atoms with Crippen molar-refractivity contribution >= 4 is 5.97 Å². The van der Waals surface area contributed by atoms with E-state index >= 15 is 0 Å². The van der Waals surface area contributed by atoms with Gasteiger partial charge < -0.3 is 14.8 Å². The Bertz CT molecular complexity index is 277. The van der Waals surface area contributed by atoms with Crippen molar-refractivity contribution in [3.63, 3.8) is 0 Å². The molecule has 0 amide bonds. The van der Waals surface area contributed by atoms with Crippen molar-refractivity contribution in [1.29, 1.82) is 0 Å². The third-order valence-corrected chi connectivity index (χ3v) is 1.40. The Morgan fingerprint density at radius 3 is 2.64 bits per heavy atom. The fourth-order valence-electron chi connectivity index (χ4n) is 0.866. The molecule has 0 aliphatic heterocycles. The van der Waals surface area contributed by atoms with E-state index in [1.807, 2.05) is 0 Å². The number of carboxylic acids is 1. The minimum absolute atomic E-state index is 0.152. The average molecular weight is 155 g/mol. The number of methoxy groups -OCH3 is 1. The van der Waals surface area contributed by atoms with Crippen LogP contribution in [0.1, 0.15) is 16.1 Å². The summed E-state index contributed by atoms with van der Waals surface area (Å²) in [5.41, 5.74) is 0.948. The predicted molar refractivity (Wildman–Crippen MR) is 39.0 cm³/mol. The third kappa shape index (κ3) is 1.34. The van der Waals surface area contributed by atoms with Gasteiger partial charge in [0.2, 0.25) is 0 Å². The first-order chi connectivity index (χ1) is 5.15. The summed E-state index contributed by atoms with van der Waals surface area (Å²) < 4.78 is 4.86. The number of aromatic nitrogens is 1.